The Bertz CT molecular complexity index is 378. The van der Waals surface area contributed by atoms with Crippen LogP contribution in [0.1, 0.15) is 30.4 Å². The molecule has 0 aliphatic heterocycles. The van der Waals surface area contributed by atoms with Crippen LogP contribution >= 0.6 is 0 Å². The largest absolute Gasteiger partial charge is 0.240 e. The molecule has 0 saturated heterocycles. The number of aryl methyl sites for hydroxylation is 1. The monoisotopic (exact) mass is 173 g/mol. The lowest BCUT2D eigenvalue weighted by Crippen LogP contribution is -1.84. The third-order valence-corrected chi connectivity index (χ3v) is 2.68. The summed E-state index contributed by atoms with van der Waals surface area (Å²) >= 11 is 0. The number of hydrogen-bond donors (Lipinski definition) is 0. The first-order chi connectivity index (χ1) is 6.31. The molecule has 0 N–H and O–H groups in total. The SMILES string of the molecule is CC1CCc2ccc(N=C=O)cc21. The van der Waals surface area contributed by atoms with Gasteiger partial charge in [-0.2, -0.15) is 4.99 Å². The summed E-state index contributed by atoms with van der Waals surface area (Å²) in [6.07, 6.45) is 3.93. The van der Waals surface area contributed by atoms with Gasteiger partial charge in [0, 0.05) is 0 Å². The van der Waals surface area contributed by atoms with E-state index in [0.29, 0.717) is 5.92 Å². The molecule has 0 aromatic heterocycles. The summed E-state index contributed by atoms with van der Waals surface area (Å²) in [5, 5.41) is 0. The van der Waals surface area contributed by atoms with Crippen molar-refractivity contribution >= 4 is 11.8 Å². The molecule has 0 spiro atoms. The average molecular weight is 173 g/mol. The molecule has 1 aromatic rings. The molecule has 1 aliphatic carbocycles. The van der Waals surface area contributed by atoms with Gasteiger partial charge in [0.25, 0.3) is 0 Å². The molecule has 0 amide bonds. The predicted molar refractivity (Wildman–Crippen MR) is 51.0 cm³/mol. The quantitative estimate of drug-likeness (QED) is 0.474. The van der Waals surface area contributed by atoms with Gasteiger partial charge in [0.1, 0.15) is 0 Å². The van der Waals surface area contributed by atoms with Gasteiger partial charge in [0.15, 0.2) is 0 Å². The maximum atomic E-state index is 10.1. The van der Waals surface area contributed by atoms with Crippen LogP contribution in [0.3, 0.4) is 0 Å². The third kappa shape index (κ3) is 1.41. The standard InChI is InChI=1S/C11H11NO/c1-8-2-3-9-4-5-10(12-7-13)6-11(8)9/h4-6,8H,2-3H2,1H3. The Morgan fingerprint density at radius 1 is 1.54 bits per heavy atom. The van der Waals surface area contributed by atoms with Crippen molar-refractivity contribution in [3.8, 4) is 0 Å². The first-order valence-electron chi connectivity index (χ1n) is 4.52. The molecule has 2 nitrogen and oxygen atoms in total. The minimum absolute atomic E-state index is 0.608. The first-order valence-corrected chi connectivity index (χ1v) is 4.52. The topological polar surface area (TPSA) is 29.4 Å². The van der Waals surface area contributed by atoms with Crippen LogP contribution < -0.4 is 0 Å². The maximum absolute atomic E-state index is 10.1. The van der Waals surface area contributed by atoms with Gasteiger partial charge in [-0.1, -0.05) is 13.0 Å². The number of fused-ring (bicyclic) bond motifs is 1. The number of carbonyl (C=O) groups excluding carboxylic acids is 1. The van der Waals surface area contributed by atoms with Crippen LogP contribution in [0.5, 0.6) is 0 Å². The predicted octanol–water partition coefficient (Wildman–Crippen LogP) is 2.70. The highest BCUT2D eigenvalue weighted by atomic mass is 16.1. The van der Waals surface area contributed by atoms with Crippen molar-refractivity contribution < 1.29 is 4.79 Å². The number of rotatable bonds is 1. The highest BCUT2D eigenvalue weighted by Crippen LogP contribution is 2.34. The van der Waals surface area contributed by atoms with Crippen molar-refractivity contribution in [2.24, 2.45) is 4.99 Å². The van der Waals surface area contributed by atoms with Gasteiger partial charge < -0.3 is 0 Å². The van der Waals surface area contributed by atoms with Gasteiger partial charge >= 0.3 is 0 Å². The number of nitrogens with zero attached hydrogens (tertiary/aromatic N) is 1. The summed E-state index contributed by atoms with van der Waals surface area (Å²) < 4.78 is 0. The van der Waals surface area contributed by atoms with Crippen LogP contribution in [0, 0.1) is 0 Å². The van der Waals surface area contributed by atoms with Crippen molar-refractivity contribution in [3.05, 3.63) is 29.3 Å². The molecule has 13 heavy (non-hydrogen) atoms. The molecule has 0 radical (unpaired) electrons. The van der Waals surface area contributed by atoms with E-state index >= 15 is 0 Å². The first kappa shape index (κ1) is 8.21. The normalized spacial score (nSPS) is 19.3. The molecule has 1 aliphatic rings. The van der Waals surface area contributed by atoms with Gasteiger partial charge in [-0.25, -0.2) is 4.79 Å². The maximum Gasteiger partial charge on any atom is 0.240 e. The molecule has 2 rings (SSSR count). The van der Waals surface area contributed by atoms with E-state index in [1.165, 1.54) is 17.5 Å². The van der Waals surface area contributed by atoms with Gasteiger partial charge in [0.05, 0.1) is 5.69 Å². The van der Waals surface area contributed by atoms with E-state index in [4.69, 9.17) is 0 Å². The summed E-state index contributed by atoms with van der Waals surface area (Å²) in [4.78, 5) is 13.7. The van der Waals surface area contributed by atoms with Crippen LogP contribution in [0.25, 0.3) is 0 Å². The van der Waals surface area contributed by atoms with Gasteiger partial charge in [-0.3, -0.25) is 0 Å². The van der Waals surface area contributed by atoms with Crippen molar-refractivity contribution in [2.75, 3.05) is 0 Å². The van der Waals surface area contributed by atoms with Crippen LogP contribution in [-0.2, 0) is 11.2 Å². The van der Waals surface area contributed by atoms with Crippen LogP contribution in [-0.4, -0.2) is 6.08 Å². The summed E-state index contributed by atoms with van der Waals surface area (Å²) in [7, 11) is 0. The molecule has 1 unspecified atom stereocenters. The summed E-state index contributed by atoms with van der Waals surface area (Å²) in [5.41, 5.74) is 3.47. The third-order valence-electron chi connectivity index (χ3n) is 2.68. The van der Waals surface area contributed by atoms with Crippen LogP contribution in [0.4, 0.5) is 5.69 Å². The molecule has 0 saturated carbocycles. The average Bonchev–Trinajstić information content (AvgIpc) is 2.49. The van der Waals surface area contributed by atoms with Gasteiger partial charge in [-0.15, -0.1) is 0 Å². The van der Waals surface area contributed by atoms with Crippen molar-refractivity contribution in [1.82, 2.24) is 0 Å². The highest BCUT2D eigenvalue weighted by molar-refractivity contribution is 5.53. The van der Waals surface area contributed by atoms with E-state index in [9.17, 15) is 4.79 Å². The summed E-state index contributed by atoms with van der Waals surface area (Å²) in [5.74, 6) is 0.608. The molecular weight excluding hydrogens is 162 g/mol. The second kappa shape index (κ2) is 3.15. The second-order valence-electron chi connectivity index (χ2n) is 3.53. The molecule has 1 atom stereocenters. The van der Waals surface area contributed by atoms with Crippen LogP contribution in [0.15, 0.2) is 23.2 Å². The number of hydrogen-bond acceptors (Lipinski definition) is 2. The van der Waals surface area contributed by atoms with E-state index in [-0.39, 0.29) is 0 Å². The smallest absolute Gasteiger partial charge is 0.211 e. The lowest BCUT2D eigenvalue weighted by atomic mass is 10.0. The fraction of sp³-hybridized carbons (Fsp3) is 0.364. The van der Waals surface area contributed by atoms with Gasteiger partial charge in [-0.05, 0) is 42.0 Å². The number of aliphatic imine (C=N–C) groups is 1. The summed E-state index contributed by atoms with van der Waals surface area (Å²) in [6, 6.07) is 5.94. The van der Waals surface area contributed by atoms with Crippen molar-refractivity contribution in [2.45, 2.75) is 25.7 Å². The Hall–Kier alpha value is -1.40. The molecule has 0 bridgehead atoms. The zero-order valence-electron chi connectivity index (χ0n) is 7.58. The van der Waals surface area contributed by atoms with Crippen molar-refractivity contribution in [3.63, 3.8) is 0 Å². The lowest BCUT2D eigenvalue weighted by molar-refractivity contribution is 0.565. The minimum Gasteiger partial charge on any atom is -0.211 e. The molecule has 66 valence electrons. The van der Waals surface area contributed by atoms with Crippen molar-refractivity contribution in [1.29, 1.82) is 0 Å². The Balaban J connectivity index is 2.47. The summed E-state index contributed by atoms with van der Waals surface area (Å²) in [6.45, 7) is 2.21. The van der Waals surface area contributed by atoms with Crippen LogP contribution in [0.2, 0.25) is 0 Å². The Morgan fingerprint density at radius 3 is 3.15 bits per heavy atom. The molecule has 0 fully saturated rings. The van der Waals surface area contributed by atoms with Gasteiger partial charge in [0.2, 0.25) is 6.08 Å². The molecule has 2 heteroatoms. The minimum atomic E-state index is 0.608. The number of isocyanates is 1. The fourth-order valence-electron chi connectivity index (χ4n) is 1.92. The molecule has 0 heterocycles. The Labute approximate surface area is 77.3 Å². The van der Waals surface area contributed by atoms with E-state index in [1.807, 2.05) is 12.1 Å². The van der Waals surface area contributed by atoms with E-state index < -0.39 is 0 Å². The second-order valence-corrected chi connectivity index (χ2v) is 3.53. The number of benzene rings is 1. The molecule has 1 aromatic carbocycles. The van der Waals surface area contributed by atoms with E-state index in [1.54, 1.807) is 6.08 Å². The highest BCUT2D eigenvalue weighted by Gasteiger charge is 2.18. The van der Waals surface area contributed by atoms with E-state index in [0.717, 1.165) is 12.1 Å². The zero-order chi connectivity index (χ0) is 9.26. The molecular formula is C11H11NO. The Morgan fingerprint density at radius 2 is 2.38 bits per heavy atom. The zero-order valence-corrected chi connectivity index (χ0v) is 7.58. The Kier molecular flexibility index (Phi) is 1.99. The van der Waals surface area contributed by atoms with E-state index in [2.05, 4.69) is 18.0 Å². The fourth-order valence-corrected chi connectivity index (χ4v) is 1.92. The lowest BCUT2D eigenvalue weighted by Gasteiger charge is -2.03.